The molecule has 5 heteroatoms. The number of hydrogen-bond acceptors (Lipinski definition) is 4. The third kappa shape index (κ3) is 2.67. The zero-order valence-corrected chi connectivity index (χ0v) is 12.1. The summed E-state index contributed by atoms with van der Waals surface area (Å²) in [5.74, 6) is 2.24. The van der Waals surface area contributed by atoms with E-state index in [0.29, 0.717) is 19.0 Å². The van der Waals surface area contributed by atoms with Crippen LogP contribution in [-0.4, -0.2) is 27.6 Å². The maximum absolute atomic E-state index is 5.72. The second kappa shape index (κ2) is 5.83. The van der Waals surface area contributed by atoms with Gasteiger partial charge in [0.25, 0.3) is 0 Å². The van der Waals surface area contributed by atoms with Crippen LogP contribution in [0.1, 0.15) is 13.8 Å². The molecule has 0 aliphatic rings. The molecule has 0 N–H and O–H groups in total. The molecule has 3 aromatic rings. The fourth-order valence-electron chi connectivity index (χ4n) is 2.21. The van der Waals surface area contributed by atoms with E-state index in [9.17, 15) is 0 Å². The van der Waals surface area contributed by atoms with Gasteiger partial charge in [-0.15, -0.1) is 0 Å². The van der Waals surface area contributed by atoms with E-state index < -0.39 is 0 Å². The zero-order chi connectivity index (χ0) is 14.7. The molecular weight excluding hydrogens is 266 g/mol. The number of rotatable bonds is 5. The van der Waals surface area contributed by atoms with E-state index in [0.717, 1.165) is 22.8 Å². The van der Waals surface area contributed by atoms with Crippen LogP contribution < -0.4 is 9.47 Å². The van der Waals surface area contributed by atoms with Crippen molar-refractivity contribution in [3.05, 3.63) is 42.9 Å². The molecule has 1 aromatic carbocycles. The molecule has 0 spiro atoms. The molecule has 108 valence electrons. The number of imidazole rings is 1. The minimum Gasteiger partial charge on any atom is -0.494 e. The molecule has 0 amide bonds. The van der Waals surface area contributed by atoms with Crippen molar-refractivity contribution in [2.75, 3.05) is 13.2 Å². The van der Waals surface area contributed by atoms with Crippen molar-refractivity contribution in [1.29, 1.82) is 0 Å². The highest BCUT2D eigenvalue weighted by Crippen LogP contribution is 2.33. The Hall–Kier alpha value is -2.56. The summed E-state index contributed by atoms with van der Waals surface area (Å²) in [5, 5.41) is 0. The average molecular weight is 283 g/mol. The lowest BCUT2D eigenvalue weighted by Crippen LogP contribution is -1.97. The van der Waals surface area contributed by atoms with Crippen LogP contribution in [0.4, 0.5) is 0 Å². The van der Waals surface area contributed by atoms with Gasteiger partial charge in [-0.25, -0.2) is 9.97 Å². The lowest BCUT2D eigenvalue weighted by molar-refractivity contribution is 0.324. The summed E-state index contributed by atoms with van der Waals surface area (Å²) in [6.07, 6.45) is 5.60. The molecule has 0 aliphatic carbocycles. The molecular formula is C16H17N3O2. The van der Waals surface area contributed by atoms with Crippen LogP contribution in [0.25, 0.3) is 17.0 Å². The monoisotopic (exact) mass is 283 g/mol. The van der Waals surface area contributed by atoms with Crippen LogP contribution in [0.3, 0.4) is 0 Å². The SMILES string of the molecule is CCOc1ccc(-c2cn3cccnc3n2)c(OCC)c1. The molecule has 5 nitrogen and oxygen atoms in total. The Labute approximate surface area is 123 Å². The molecule has 0 saturated heterocycles. The van der Waals surface area contributed by atoms with E-state index in [1.165, 1.54) is 0 Å². The Morgan fingerprint density at radius 2 is 2.00 bits per heavy atom. The summed E-state index contributed by atoms with van der Waals surface area (Å²) in [5.41, 5.74) is 1.77. The highest BCUT2D eigenvalue weighted by atomic mass is 16.5. The van der Waals surface area contributed by atoms with Gasteiger partial charge >= 0.3 is 0 Å². The van der Waals surface area contributed by atoms with E-state index in [-0.39, 0.29) is 0 Å². The van der Waals surface area contributed by atoms with Crippen LogP contribution in [0.5, 0.6) is 11.5 Å². The van der Waals surface area contributed by atoms with Crippen LogP contribution in [-0.2, 0) is 0 Å². The van der Waals surface area contributed by atoms with Crippen molar-refractivity contribution in [2.24, 2.45) is 0 Å². The third-order valence-corrected chi connectivity index (χ3v) is 3.08. The van der Waals surface area contributed by atoms with Crippen molar-refractivity contribution in [3.63, 3.8) is 0 Å². The number of nitrogens with zero attached hydrogens (tertiary/aromatic N) is 3. The van der Waals surface area contributed by atoms with Crippen LogP contribution in [0.2, 0.25) is 0 Å². The highest BCUT2D eigenvalue weighted by Gasteiger charge is 2.12. The highest BCUT2D eigenvalue weighted by molar-refractivity contribution is 5.69. The molecule has 0 aliphatic heterocycles. The van der Waals surface area contributed by atoms with Crippen molar-refractivity contribution in [3.8, 4) is 22.8 Å². The smallest absolute Gasteiger partial charge is 0.234 e. The molecule has 0 atom stereocenters. The number of ether oxygens (including phenoxy) is 2. The molecule has 0 saturated carbocycles. The first kappa shape index (κ1) is 13.4. The minimum absolute atomic E-state index is 0.591. The van der Waals surface area contributed by atoms with Crippen molar-refractivity contribution < 1.29 is 9.47 Å². The number of aromatic nitrogens is 3. The fourth-order valence-corrected chi connectivity index (χ4v) is 2.21. The van der Waals surface area contributed by atoms with Crippen LogP contribution in [0.15, 0.2) is 42.9 Å². The number of benzene rings is 1. The van der Waals surface area contributed by atoms with Gasteiger partial charge in [-0.1, -0.05) is 0 Å². The Morgan fingerprint density at radius 1 is 1.14 bits per heavy atom. The molecule has 21 heavy (non-hydrogen) atoms. The maximum atomic E-state index is 5.72. The minimum atomic E-state index is 0.591. The van der Waals surface area contributed by atoms with E-state index >= 15 is 0 Å². The first-order valence-corrected chi connectivity index (χ1v) is 7.01. The van der Waals surface area contributed by atoms with Gasteiger partial charge in [0.05, 0.1) is 18.9 Å². The largest absolute Gasteiger partial charge is 0.494 e. The lowest BCUT2D eigenvalue weighted by Gasteiger charge is -2.11. The summed E-state index contributed by atoms with van der Waals surface area (Å²) >= 11 is 0. The van der Waals surface area contributed by atoms with Gasteiger partial charge in [-0.05, 0) is 32.0 Å². The van der Waals surface area contributed by atoms with Gasteiger partial charge in [0.1, 0.15) is 11.5 Å². The normalized spacial score (nSPS) is 10.8. The van der Waals surface area contributed by atoms with Gasteiger partial charge < -0.3 is 9.47 Å². The second-order valence-electron chi connectivity index (χ2n) is 4.48. The predicted molar refractivity (Wildman–Crippen MR) is 80.8 cm³/mol. The predicted octanol–water partition coefficient (Wildman–Crippen LogP) is 3.19. The average Bonchev–Trinajstić information content (AvgIpc) is 2.92. The Balaban J connectivity index is 2.07. The summed E-state index contributed by atoms with van der Waals surface area (Å²) in [6.45, 7) is 5.14. The van der Waals surface area contributed by atoms with Gasteiger partial charge in [-0.2, -0.15) is 0 Å². The van der Waals surface area contributed by atoms with E-state index in [2.05, 4.69) is 9.97 Å². The number of fused-ring (bicyclic) bond motifs is 1. The molecule has 0 fully saturated rings. The summed E-state index contributed by atoms with van der Waals surface area (Å²) < 4.78 is 13.1. The van der Waals surface area contributed by atoms with Crippen LogP contribution >= 0.6 is 0 Å². The summed E-state index contributed by atoms with van der Waals surface area (Å²) in [4.78, 5) is 8.77. The summed E-state index contributed by atoms with van der Waals surface area (Å²) in [7, 11) is 0. The molecule has 2 aromatic heterocycles. The molecule has 0 unspecified atom stereocenters. The third-order valence-electron chi connectivity index (χ3n) is 3.08. The van der Waals surface area contributed by atoms with E-state index in [1.807, 2.05) is 54.9 Å². The second-order valence-corrected chi connectivity index (χ2v) is 4.48. The summed E-state index contributed by atoms with van der Waals surface area (Å²) in [6, 6.07) is 7.68. The van der Waals surface area contributed by atoms with Crippen LogP contribution in [0, 0.1) is 0 Å². The van der Waals surface area contributed by atoms with Gasteiger partial charge in [0, 0.05) is 30.2 Å². The Morgan fingerprint density at radius 3 is 2.76 bits per heavy atom. The fraction of sp³-hybridized carbons (Fsp3) is 0.250. The van der Waals surface area contributed by atoms with Crippen molar-refractivity contribution >= 4 is 5.78 Å². The standard InChI is InChI=1S/C16H17N3O2/c1-3-20-12-6-7-13(15(10-12)21-4-2)14-11-19-9-5-8-17-16(19)18-14/h5-11H,3-4H2,1-2H3. The Kier molecular flexibility index (Phi) is 3.73. The maximum Gasteiger partial charge on any atom is 0.234 e. The van der Waals surface area contributed by atoms with Gasteiger partial charge in [-0.3, -0.25) is 4.40 Å². The van der Waals surface area contributed by atoms with Crippen molar-refractivity contribution in [1.82, 2.24) is 14.4 Å². The molecule has 2 heterocycles. The van der Waals surface area contributed by atoms with Gasteiger partial charge in [0.2, 0.25) is 5.78 Å². The first-order chi connectivity index (χ1) is 10.3. The molecule has 3 rings (SSSR count). The topological polar surface area (TPSA) is 48.7 Å². The Bertz CT molecular complexity index is 719. The molecule has 0 radical (unpaired) electrons. The first-order valence-electron chi connectivity index (χ1n) is 7.01. The van der Waals surface area contributed by atoms with Gasteiger partial charge in [0.15, 0.2) is 0 Å². The van der Waals surface area contributed by atoms with E-state index in [4.69, 9.17) is 9.47 Å². The van der Waals surface area contributed by atoms with Crippen molar-refractivity contribution in [2.45, 2.75) is 13.8 Å². The quantitative estimate of drug-likeness (QED) is 0.721. The van der Waals surface area contributed by atoms with E-state index in [1.54, 1.807) is 6.20 Å². The number of hydrogen-bond donors (Lipinski definition) is 0. The lowest BCUT2D eigenvalue weighted by atomic mass is 10.1. The zero-order valence-electron chi connectivity index (χ0n) is 12.1. The molecule has 0 bridgehead atoms.